The largest absolute Gasteiger partial charge is 0.497 e. The Kier molecular flexibility index (Phi) is 11.9. The Bertz CT molecular complexity index is 1380. The highest BCUT2D eigenvalue weighted by Crippen LogP contribution is 2.22. The molecule has 234 valence electrons. The van der Waals surface area contributed by atoms with Crippen molar-refractivity contribution in [3.05, 3.63) is 82.0 Å². The maximum atomic E-state index is 13.9. The lowest BCUT2D eigenvalue weighted by Crippen LogP contribution is -2.61. The molecular weight excluding hydrogens is 578 g/mol. The number of ether oxygens (including phenoxy) is 2. The fourth-order valence-electron chi connectivity index (χ4n) is 5.45. The summed E-state index contributed by atoms with van der Waals surface area (Å²) in [5.41, 5.74) is 2.01. The normalized spacial score (nSPS) is 15.7. The highest BCUT2D eigenvalue weighted by Gasteiger charge is 2.41. The first-order chi connectivity index (χ1) is 21.4. The number of carbonyl (C=O) groups excluding carboxylic acids is 4. The molecule has 9 nitrogen and oxygen atoms in total. The second-order valence-corrected chi connectivity index (χ2v) is 11.8. The van der Waals surface area contributed by atoms with Crippen molar-refractivity contribution in [2.24, 2.45) is 0 Å². The van der Waals surface area contributed by atoms with Crippen LogP contribution in [0, 0.1) is 0 Å². The van der Waals surface area contributed by atoms with Crippen LogP contribution in [-0.2, 0) is 38.4 Å². The van der Waals surface area contributed by atoms with E-state index in [1.165, 1.54) is 0 Å². The van der Waals surface area contributed by atoms with E-state index in [2.05, 4.69) is 0 Å². The number of amides is 3. The summed E-state index contributed by atoms with van der Waals surface area (Å²) in [6.45, 7) is 2.83. The minimum Gasteiger partial charge on any atom is -0.497 e. The molecule has 1 fully saturated rings. The molecule has 1 aliphatic rings. The molecule has 0 saturated carbocycles. The van der Waals surface area contributed by atoms with Crippen molar-refractivity contribution in [2.45, 2.75) is 51.1 Å². The monoisotopic (exact) mass is 619 g/mol. The number of piperazine rings is 1. The Morgan fingerprint density at radius 2 is 1.59 bits per heavy atom. The van der Waals surface area contributed by atoms with Gasteiger partial charge in [-0.15, -0.1) is 11.3 Å². The van der Waals surface area contributed by atoms with Crippen LogP contribution >= 0.6 is 11.3 Å². The van der Waals surface area contributed by atoms with Crippen molar-refractivity contribution >= 4 is 35.3 Å². The van der Waals surface area contributed by atoms with Gasteiger partial charge in [-0.2, -0.15) is 0 Å². The highest BCUT2D eigenvalue weighted by molar-refractivity contribution is 7.09. The SMILES string of the molecule is CCC(C=O)N(CCc1ccc(OC)cc1)C(=O)CC1C(=O)N(CCc2ccc(OC)cc2)CC(=O)N1CCc1cccs1. The van der Waals surface area contributed by atoms with Crippen molar-refractivity contribution in [3.8, 4) is 11.5 Å². The number of hydrogen-bond acceptors (Lipinski definition) is 7. The summed E-state index contributed by atoms with van der Waals surface area (Å²) in [6, 6.07) is 17.6. The van der Waals surface area contributed by atoms with Gasteiger partial charge in [0.1, 0.15) is 23.8 Å². The average molecular weight is 620 g/mol. The van der Waals surface area contributed by atoms with Gasteiger partial charge < -0.3 is 29.0 Å². The summed E-state index contributed by atoms with van der Waals surface area (Å²) in [7, 11) is 3.21. The first kappa shape index (κ1) is 32.7. The smallest absolute Gasteiger partial charge is 0.246 e. The number of hydrogen-bond donors (Lipinski definition) is 0. The molecule has 0 radical (unpaired) electrons. The van der Waals surface area contributed by atoms with Crippen molar-refractivity contribution in [3.63, 3.8) is 0 Å². The Morgan fingerprint density at radius 3 is 2.14 bits per heavy atom. The van der Waals surface area contributed by atoms with Crippen LogP contribution in [0.3, 0.4) is 0 Å². The molecule has 0 N–H and O–H groups in total. The van der Waals surface area contributed by atoms with Crippen LogP contribution in [-0.4, -0.2) is 91.2 Å². The molecule has 2 unspecified atom stereocenters. The summed E-state index contributed by atoms with van der Waals surface area (Å²) in [5.74, 6) is 0.741. The van der Waals surface area contributed by atoms with E-state index < -0.39 is 12.1 Å². The Balaban J connectivity index is 1.51. The minimum atomic E-state index is -0.938. The molecule has 4 rings (SSSR count). The van der Waals surface area contributed by atoms with Crippen LogP contribution < -0.4 is 9.47 Å². The van der Waals surface area contributed by atoms with E-state index in [1.807, 2.05) is 73.0 Å². The molecule has 3 amide bonds. The van der Waals surface area contributed by atoms with Crippen LogP contribution in [0.25, 0.3) is 0 Å². The zero-order valence-electron chi connectivity index (χ0n) is 25.6. The summed E-state index contributed by atoms with van der Waals surface area (Å²) in [5, 5.41) is 1.98. The molecular formula is C34H41N3O6S. The average Bonchev–Trinajstić information content (AvgIpc) is 3.58. The number of methoxy groups -OCH3 is 2. The lowest BCUT2D eigenvalue weighted by molar-refractivity contribution is -0.158. The molecule has 2 atom stereocenters. The van der Waals surface area contributed by atoms with Crippen molar-refractivity contribution in [2.75, 3.05) is 40.4 Å². The lowest BCUT2D eigenvalue weighted by Gasteiger charge is -2.41. The number of benzene rings is 2. The molecule has 0 bridgehead atoms. The van der Waals surface area contributed by atoms with Crippen LogP contribution in [0.5, 0.6) is 11.5 Å². The van der Waals surface area contributed by atoms with Gasteiger partial charge in [-0.05, 0) is 72.5 Å². The third kappa shape index (κ3) is 8.47. The molecule has 44 heavy (non-hydrogen) atoms. The topological polar surface area (TPSA) is 96.5 Å². The first-order valence-electron chi connectivity index (χ1n) is 15.0. The third-order valence-corrected chi connectivity index (χ3v) is 9.03. The van der Waals surface area contributed by atoms with E-state index in [0.717, 1.165) is 33.8 Å². The number of carbonyl (C=O) groups is 4. The van der Waals surface area contributed by atoms with Gasteiger partial charge in [0.25, 0.3) is 0 Å². The highest BCUT2D eigenvalue weighted by atomic mass is 32.1. The van der Waals surface area contributed by atoms with Gasteiger partial charge in [0.05, 0.1) is 33.2 Å². The maximum Gasteiger partial charge on any atom is 0.246 e. The van der Waals surface area contributed by atoms with Crippen LogP contribution in [0.4, 0.5) is 0 Å². The molecule has 2 aromatic carbocycles. The van der Waals surface area contributed by atoms with Crippen molar-refractivity contribution in [1.82, 2.24) is 14.7 Å². The number of aldehydes is 1. The summed E-state index contributed by atoms with van der Waals surface area (Å²) < 4.78 is 10.5. The number of rotatable bonds is 16. The van der Waals surface area contributed by atoms with Gasteiger partial charge in [0.2, 0.25) is 17.7 Å². The molecule has 0 spiro atoms. The van der Waals surface area contributed by atoms with Crippen molar-refractivity contribution in [1.29, 1.82) is 0 Å². The van der Waals surface area contributed by atoms with Crippen LogP contribution in [0.1, 0.15) is 35.8 Å². The van der Waals surface area contributed by atoms with E-state index in [4.69, 9.17) is 9.47 Å². The summed E-state index contributed by atoms with van der Waals surface area (Å²) >= 11 is 1.59. The predicted octanol–water partition coefficient (Wildman–Crippen LogP) is 4.03. The zero-order chi connectivity index (χ0) is 31.5. The van der Waals surface area contributed by atoms with Crippen molar-refractivity contribution < 1.29 is 28.7 Å². The van der Waals surface area contributed by atoms with E-state index in [1.54, 1.807) is 40.3 Å². The Morgan fingerprint density at radius 1 is 0.955 bits per heavy atom. The fourth-order valence-corrected chi connectivity index (χ4v) is 6.15. The number of thiophene rings is 1. The van der Waals surface area contributed by atoms with Gasteiger partial charge in [0.15, 0.2) is 0 Å². The van der Waals surface area contributed by atoms with Gasteiger partial charge in [-0.3, -0.25) is 14.4 Å². The number of nitrogens with zero attached hydrogens (tertiary/aromatic N) is 3. The van der Waals surface area contributed by atoms with Gasteiger partial charge in [-0.25, -0.2) is 0 Å². The molecule has 1 aliphatic heterocycles. The Labute approximate surface area is 263 Å². The van der Waals surface area contributed by atoms with E-state index in [0.29, 0.717) is 45.3 Å². The minimum absolute atomic E-state index is 0.0305. The second-order valence-electron chi connectivity index (χ2n) is 10.8. The van der Waals surface area contributed by atoms with Crippen LogP contribution in [0.2, 0.25) is 0 Å². The zero-order valence-corrected chi connectivity index (χ0v) is 26.5. The van der Waals surface area contributed by atoms with E-state index in [-0.39, 0.29) is 30.7 Å². The predicted molar refractivity (Wildman–Crippen MR) is 170 cm³/mol. The van der Waals surface area contributed by atoms with Gasteiger partial charge in [-0.1, -0.05) is 37.3 Å². The molecule has 3 aromatic rings. The van der Waals surface area contributed by atoms with E-state index in [9.17, 15) is 19.2 Å². The molecule has 1 aromatic heterocycles. The molecule has 10 heteroatoms. The summed E-state index contributed by atoms with van der Waals surface area (Å²) in [4.78, 5) is 59.2. The quantitative estimate of drug-likeness (QED) is 0.225. The van der Waals surface area contributed by atoms with Crippen LogP contribution in [0.15, 0.2) is 66.0 Å². The molecule has 1 saturated heterocycles. The first-order valence-corrected chi connectivity index (χ1v) is 15.9. The fraction of sp³-hybridized carbons (Fsp3) is 0.412. The standard InChI is InChI=1S/C34H41N3O6S/c1-4-27(24-38)36(19-16-26-9-13-29(43-3)14-10-26)32(39)22-31-34(41)35(18-15-25-7-11-28(42-2)12-8-25)23-33(40)37(31)20-17-30-6-5-21-44-30/h5-14,21,24,27,31H,4,15-20,22-23H2,1-3H3. The molecule has 0 aliphatic carbocycles. The summed E-state index contributed by atoms with van der Waals surface area (Å²) in [6.07, 6.45) is 2.76. The Hall–Kier alpha value is -4.18. The van der Waals surface area contributed by atoms with Gasteiger partial charge in [0, 0.05) is 24.5 Å². The lowest BCUT2D eigenvalue weighted by atomic mass is 10.0. The van der Waals surface area contributed by atoms with E-state index >= 15 is 0 Å². The second kappa shape index (κ2) is 16.0. The molecule has 2 heterocycles. The van der Waals surface area contributed by atoms with Gasteiger partial charge >= 0.3 is 0 Å². The maximum absolute atomic E-state index is 13.9. The third-order valence-electron chi connectivity index (χ3n) is 8.09.